The number of thiophene rings is 1. The summed E-state index contributed by atoms with van der Waals surface area (Å²) in [7, 11) is -4.28. The highest BCUT2D eigenvalue weighted by molar-refractivity contribution is 7.91. The minimum Gasteiger partial charge on any atom is -0.355 e. The van der Waals surface area contributed by atoms with Gasteiger partial charge in [-0.3, -0.25) is 4.79 Å². The maximum atomic E-state index is 13.0. The summed E-state index contributed by atoms with van der Waals surface area (Å²) in [5, 5.41) is 2.77. The molecule has 5 nitrogen and oxygen atoms in total. The molecule has 1 aromatic heterocycles. The first-order chi connectivity index (χ1) is 12.6. The van der Waals surface area contributed by atoms with E-state index < -0.39 is 34.2 Å². The van der Waals surface area contributed by atoms with Crippen molar-refractivity contribution in [3.63, 3.8) is 0 Å². The molecule has 0 radical (unpaired) electrons. The lowest BCUT2D eigenvalue weighted by Crippen LogP contribution is -2.46. The number of rotatable bonds is 8. The number of nitrogens with zero attached hydrogens (tertiary/aromatic N) is 1. The van der Waals surface area contributed by atoms with Crippen LogP contribution in [0.1, 0.15) is 46.4 Å². The molecule has 0 saturated carbocycles. The van der Waals surface area contributed by atoms with Gasteiger partial charge in [-0.2, -0.15) is 17.5 Å². The minimum atomic E-state index is -4.63. The zero-order valence-electron chi connectivity index (χ0n) is 17.1. The van der Waals surface area contributed by atoms with E-state index in [1.54, 1.807) is 40.7 Å². The normalized spacial score (nSPS) is 14.5. The molecule has 0 fully saturated rings. The van der Waals surface area contributed by atoms with Crippen molar-refractivity contribution in [3.8, 4) is 0 Å². The van der Waals surface area contributed by atoms with Crippen LogP contribution in [0.5, 0.6) is 0 Å². The molecular formula is C18H29F3N2O3S2. The molecule has 162 valence electrons. The summed E-state index contributed by atoms with van der Waals surface area (Å²) in [5.74, 6) is -0.400. The van der Waals surface area contributed by atoms with E-state index in [9.17, 15) is 26.4 Å². The molecule has 0 spiro atoms. The molecule has 28 heavy (non-hydrogen) atoms. The van der Waals surface area contributed by atoms with Crippen LogP contribution in [0.4, 0.5) is 13.2 Å². The lowest BCUT2D eigenvalue weighted by molar-refractivity contribution is -0.140. The van der Waals surface area contributed by atoms with Gasteiger partial charge < -0.3 is 5.32 Å². The zero-order valence-corrected chi connectivity index (χ0v) is 18.7. The molecule has 1 aromatic rings. The van der Waals surface area contributed by atoms with E-state index in [2.05, 4.69) is 5.32 Å². The fourth-order valence-corrected chi connectivity index (χ4v) is 5.50. The molecule has 1 N–H and O–H groups in total. The first kappa shape index (κ1) is 24.9. The number of carbonyl (C=O) groups is 1. The molecule has 10 heteroatoms. The van der Waals surface area contributed by atoms with Gasteiger partial charge in [-0.1, -0.05) is 34.6 Å². The number of carbonyl (C=O) groups excluding carboxylic acids is 1. The standard InChI is InChI=1S/C18H29F3N2O3S2/c1-12(2)13(3)23(11-18(19,20)21)28(25,26)15-8-7-14(27-15)9-10-22-16(24)17(4,5)6/h7-8,12-13H,9-11H2,1-6H3,(H,22,24). The Morgan fingerprint density at radius 2 is 1.75 bits per heavy atom. The van der Waals surface area contributed by atoms with E-state index in [1.807, 2.05) is 0 Å². The van der Waals surface area contributed by atoms with Gasteiger partial charge in [-0.05, 0) is 31.4 Å². The minimum absolute atomic E-state index is 0.124. The lowest BCUT2D eigenvalue weighted by Gasteiger charge is -2.31. The lowest BCUT2D eigenvalue weighted by atomic mass is 9.96. The van der Waals surface area contributed by atoms with Gasteiger partial charge in [0.2, 0.25) is 5.91 Å². The van der Waals surface area contributed by atoms with Crippen LogP contribution in [0.3, 0.4) is 0 Å². The maximum absolute atomic E-state index is 13.0. The fraction of sp³-hybridized carbons (Fsp3) is 0.722. The van der Waals surface area contributed by atoms with Crippen LogP contribution in [-0.4, -0.2) is 43.9 Å². The predicted octanol–water partition coefficient (Wildman–Crippen LogP) is 4.05. The largest absolute Gasteiger partial charge is 0.402 e. The smallest absolute Gasteiger partial charge is 0.355 e. The summed E-state index contributed by atoms with van der Waals surface area (Å²) in [6, 6.07) is 2.10. The van der Waals surface area contributed by atoms with Crippen molar-refractivity contribution >= 4 is 27.3 Å². The number of amides is 1. The number of halogens is 3. The van der Waals surface area contributed by atoms with Gasteiger partial charge >= 0.3 is 6.18 Å². The predicted molar refractivity (Wildman–Crippen MR) is 105 cm³/mol. The molecule has 0 bridgehead atoms. The van der Waals surface area contributed by atoms with E-state index in [0.29, 0.717) is 22.1 Å². The van der Waals surface area contributed by atoms with Gasteiger partial charge in [-0.25, -0.2) is 8.42 Å². The molecule has 0 aliphatic heterocycles. The molecule has 1 rings (SSSR count). The van der Waals surface area contributed by atoms with E-state index >= 15 is 0 Å². The monoisotopic (exact) mass is 442 g/mol. The highest BCUT2D eigenvalue weighted by atomic mass is 32.2. The molecule has 0 saturated heterocycles. The topological polar surface area (TPSA) is 66.5 Å². The van der Waals surface area contributed by atoms with E-state index in [4.69, 9.17) is 0 Å². The summed E-state index contributed by atoms with van der Waals surface area (Å²) in [5.41, 5.74) is -0.533. The van der Waals surface area contributed by atoms with Crippen LogP contribution < -0.4 is 5.32 Å². The third kappa shape index (κ3) is 7.04. The van der Waals surface area contributed by atoms with E-state index in [0.717, 1.165) is 11.3 Å². The Morgan fingerprint density at radius 3 is 2.21 bits per heavy atom. The van der Waals surface area contributed by atoms with Crippen molar-refractivity contribution in [1.29, 1.82) is 0 Å². The van der Waals surface area contributed by atoms with Crippen LogP contribution >= 0.6 is 11.3 Å². The Balaban J connectivity index is 2.96. The summed E-state index contributed by atoms with van der Waals surface area (Å²) in [4.78, 5) is 12.5. The highest BCUT2D eigenvalue weighted by Gasteiger charge is 2.40. The van der Waals surface area contributed by atoms with E-state index in [1.165, 1.54) is 13.0 Å². The van der Waals surface area contributed by atoms with Crippen LogP contribution in [-0.2, 0) is 21.2 Å². The van der Waals surface area contributed by atoms with Crippen LogP contribution in [0, 0.1) is 11.3 Å². The van der Waals surface area contributed by atoms with Crippen molar-refractivity contribution in [2.75, 3.05) is 13.1 Å². The molecule has 1 atom stereocenters. The van der Waals surface area contributed by atoms with Gasteiger partial charge in [0.05, 0.1) is 0 Å². The number of sulfonamides is 1. The second-order valence-electron chi connectivity index (χ2n) is 8.13. The van der Waals surface area contributed by atoms with Crippen molar-refractivity contribution in [3.05, 3.63) is 17.0 Å². The Bertz CT molecular complexity index is 766. The Morgan fingerprint density at radius 1 is 1.18 bits per heavy atom. The first-order valence-electron chi connectivity index (χ1n) is 9.01. The van der Waals surface area contributed by atoms with Gasteiger partial charge in [0.15, 0.2) is 0 Å². The molecule has 1 heterocycles. The first-order valence-corrected chi connectivity index (χ1v) is 11.3. The summed E-state index contributed by atoms with van der Waals surface area (Å²) < 4.78 is 65.0. The Kier molecular flexibility index (Phi) is 8.12. The molecular weight excluding hydrogens is 413 g/mol. The summed E-state index contributed by atoms with van der Waals surface area (Å²) in [6.07, 6.45) is -4.23. The van der Waals surface area contributed by atoms with Crippen molar-refractivity contribution in [1.82, 2.24) is 9.62 Å². The second-order valence-corrected chi connectivity index (χ2v) is 11.4. The average molecular weight is 443 g/mol. The molecule has 1 unspecified atom stereocenters. The number of nitrogens with one attached hydrogen (secondary N) is 1. The van der Waals surface area contributed by atoms with Crippen LogP contribution in [0.2, 0.25) is 0 Å². The molecule has 0 aliphatic carbocycles. The third-order valence-corrected chi connectivity index (χ3v) is 7.84. The van der Waals surface area contributed by atoms with Crippen molar-refractivity contribution < 1.29 is 26.4 Å². The zero-order chi connectivity index (χ0) is 21.9. The number of hydrogen-bond acceptors (Lipinski definition) is 4. The van der Waals surface area contributed by atoms with Gasteiger partial charge in [0, 0.05) is 22.9 Å². The highest BCUT2D eigenvalue weighted by Crippen LogP contribution is 2.31. The molecule has 1 amide bonds. The Labute approximate surface area is 169 Å². The average Bonchev–Trinajstić information content (AvgIpc) is 2.99. The molecule has 0 aliphatic rings. The van der Waals surface area contributed by atoms with Gasteiger partial charge in [0.1, 0.15) is 10.8 Å². The van der Waals surface area contributed by atoms with Crippen LogP contribution in [0.25, 0.3) is 0 Å². The molecule has 0 aromatic carbocycles. The number of alkyl halides is 3. The summed E-state index contributed by atoms with van der Waals surface area (Å²) >= 11 is 0.934. The summed E-state index contributed by atoms with van der Waals surface area (Å²) in [6.45, 7) is 8.98. The van der Waals surface area contributed by atoms with Crippen LogP contribution in [0.15, 0.2) is 16.3 Å². The fourth-order valence-electron chi connectivity index (χ4n) is 2.27. The quantitative estimate of drug-likeness (QED) is 0.661. The van der Waals surface area contributed by atoms with Gasteiger partial charge in [0.25, 0.3) is 10.0 Å². The van der Waals surface area contributed by atoms with E-state index in [-0.39, 0.29) is 16.0 Å². The van der Waals surface area contributed by atoms with Crippen molar-refractivity contribution in [2.24, 2.45) is 11.3 Å². The Hall–Kier alpha value is -1.13. The maximum Gasteiger partial charge on any atom is 0.402 e. The second kappa shape index (κ2) is 9.13. The number of hydrogen-bond donors (Lipinski definition) is 1. The third-order valence-electron chi connectivity index (χ3n) is 4.29. The van der Waals surface area contributed by atoms with Gasteiger partial charge in [-0.15, -0.1) is 11.3 Å². The SMILES string of the molecule is CC(C)C(C)N(CC(F)(F)F)S(=O)(=O)c1ccc(CCNC(=O)C(C)(C)C)s1. The van der Waals surface area contributed by atoms with Crippen molar-refractivity contribution in [2.45, 2.75) is 64.4 Å².